The van der Waals surface area contributed by atoms with Crippen molar-refractivity contribution in [2.45, 2.75) is 33.7 Å². The standard InChI is InChI=1S/C20H26N2O4S/c1-6-26-19-10-8-7-9-18(19)21-20(23)16(4)22(27(5,24)25)17-12-11-14(2)15(3)13-17/h7-13,16H,6H2,1-5H3,(H,21,23)/t16-/m1/s1. The lowest BCUT2D eigenvalue weighted by molar-refractivity contribution is -0.116. The number of nitrogens with zero attached hydrogens (tertiary/aromatic N) is 1. The number of benzene rings is 2. The van der Waals surface area contributed by atoms with Crippen molar-refractivity contribution in [2.24, 2.45) is 0 Å². The summed E-state index contributed by atoms with van der Waals surface area (Å²) in [5, 5.41) is 2.77. The Morgan fingerprint density at radius 1 is 1.15 bits per heavy atom. The van der Waals surface area contributed by atoms with Crippen molar-refractivity contribution in [2.75, 3.05) is 22.5 Å². The van der Waals surface area contributed by atoms with Gasteiger partial charge in [-0.1, -0.05) is 18.2 Å². The van der Waals surface area contributed by atoms with Crippen LogP contribution in [0.3, 0.4) is 0 Å². The molecular formula is C20H26N2O4S. The van der Waals surface area contributed by atoms with Gasteiger partial charge in [-0.15, -0.1) is 0 Å². The van der Waals surface area contributed by atoms with Gasteiger partial charge in [0.2, 0.25) is 15.9 Å². The van der Waals surface area contributed by atoms with Crippen molar-refractivity contribution in [3.05, 3.63) is 53.6 Å². The Balaban J connectivity index is 2.34. The summed E-state index contributed by atoms with van der Waals surface area (Å²) in [6.45, 7) is 7.73. The summed E-state index contributed by atoms with van der Waals surface area (Å²) >= 11 is 0. The van der Waals surface area contributed by atoms with E-state index in [0.717, 1.165) is 21.7 Å². The Bertz CT molecular complexity index is 925. The summed E-state index contributed by atoms with van der Waals surface area (Å²) in [5.74, 6) is 0.100. The third-order valence-corrected chi connectivity index (χ3v) is 5.52. The minimum Gasteiger partial charge on any atom is -0.492 e. The highest BCUT2D eigenvalue weighted by molar-refractivity contribution is 7.92. The number of para-hydroxylation sites is 2. The Hall–Kier alpha value is -2.54. The zero-order valence-electron chi connectivity index (χ0n) is 16.3. The van der Waals surface area contributed by atoms with Gasteiger partial charge in [0, 0.05) is 0 Å². The van der Waals surface area contributed by atoms with Crippen molar-refractivity contribution in [3.63, 3.8) is 0 Å². The fourth-order valence-corrected chi connectivity index (χ4v) is 3.93. The number of carbonyl (C=O) groups is 1. The van der Waals surface area contributed by atoms with E-state index in [1.54, 1.807) is 37.3 Å². The van der Waals surface area contributed by atoms with Crippen LogP contribution in [-0.4, -0.2) is 33.2 Å². The van der Waals surface area contributed by atoms with Crippen LogP contribution in [0.5, 0.6) is 5.75 Å². The number of rotatable bonds is 7. The van der Waals surface area contributed by atoms with Gasteiger partial charge in [-0.3, -0.25) is 9.10 Å². The predicted octanol–water partition coefficient (Wildman–Crippen LogP) is 3.50. The molecule has 0 heterocycles. The molecule has 0 saturated carbocycles. The van der Waals surface area contributed by atoms with Crippen molar-refractivity contribution in [1.82, 2.24) is 0 Å². The van der Waals surface area contributed by atoms with E-state index in [4.69, 9.17) is 4.74 Å². The number of anilines is 2. The molecule has 6 nitrogen and oxygen atoms in total. The second kappa shape index (κ2) is 8.43. The molecule has 0 unspecified atom stereocenters. The van der Waals surface area contributed by atoms with E-state index in [0.29, 0.717) is 23.7 Å². The number of aryl methyl sites for hydroxylation is 2. The minimum absolute atomic E-state index is 0.439. The summed E-state index contributed by atoms with van der Waals surface area (Å²) in [6.07, 6.45) is 1.10. The molecule has 0 radical (unpaired) electrons. The van der Waals surface area contributed by atoms with Gasteiger partial charge in [0.25, 0.3) is 0 Å². The first-order valence-electron chi connectivity index (χ1n) is 8.74. The number of sulfonamides is 1. The van der Waals surface area contributed by atoms with Gasteiger partial charge in [-0.25, -0.2) is 8.42 Å². The molecule has 146 valence electrons. The molecule has 0 aromatic heterocycles. The summed E-state index contributed by atoms with van der Waals surface area (Å²) in [4.78, 5) is 12.8. The molecule has 0 fully saturated rings. The highest BCUT2D eigenvalue weighted by Crippen LogP contribution is 2.27. The van der Waals surface area contributed by atoms with Crippen molar-refractivity contribution in [3.8, 4) is 5.75 Å². The van der Waals surface area contributed by atoms with Gasteiger partial charge >= 0.3 is 0 Å². The van der Waals surface area contributed by atoms with E-state index in [-0.39, 0.29) is 0 Å². The first kappa shape index (κ1) is 20.8. The normalized spacial score (nSPS) is 12.3. The molecule has 1 atom stereocenters. The van der Waals surface area contributed by atoms with Crippen LogP contribution in [0.2, 0.25) is 0 Å². The molecule has 0 spiro atoms. The molecule has 2 rings (SSSR count). The van der Waals surface area contributed by atoms with Gasteiger partial charge in [0.05, 0.1) is 24.2 Å². The molecule has 2 aromatic carbocycles. The maximum Gasteiger partial charge on any atom is 0.248 e. The molecule has 0 aliphatic carbocycles. The van der Waals surface area contributed by atoms with Crippen LogP contribution in [0.15, 0.2) is 42.5 Å². The van der Waals surface area contributed by atoms with E-state index in [1.165, 1.54) is 0 Å². The zero-order chi connectivity index (χ0) is 20.2. The van der Waals surface area contributed by atoms with Crippen LogP contribution < -0.4 is 14.4 Å². The lowest BCUT2D eigenvalue weighted by Gasteiger charge is -2.29. The Kier molecular flexibility index (Phi) is 6.49. The smallest absolute Gasteiger partial charge is 0.248 e. The number of hydrogen-bond acceptors (Lipinski definition) is 4. The van der Waals surface area contributed by atoms with Crippen molar-refractivity contribution < 1.29 is 17.9 Å². The van der Waals surface area contributed by atoms with E-state index in [9.17, 15) is 13.2 Å². The highest BCUT2D eigenvalue weighted by atomic mass is 32.2. The van der Waals surface area contributed by atoms with Crippen LogP contribution in [0.4, 0.5) is 11.4 Å². The maximum atomic E-state index is 12.8. The van der Waals surface area contributed by atoms with Crippen LogP contribution in [0, 0.1) is 13.8 Å². The van der Waals surface area contributed by atoms with E-state index in [1.807, 2.05) is 32.9 Å². The number of carbonyl (C=O) groups excluding carboxylic acids is 1. The lowest BCUT2D eigenvalue weighted by atomic mass is 10.1. The van der Waals surface area contributed by atoms with Gasteiger partial charge in [0.15, 0.2) is 0 Å². The molecule has 1 N–H and O–H groups in total. The van der Waals surface area contributed by atoms with Gasteiger partial charge < -0.3 is 10.1 Å². The topological polar surface area (TPSA) is 75.7 Å². The molecule has 0 bridgehead atoms. The van der Waals surface area contributed by atoms with E-state index >= 15 is 0 Å². The Morgan fingerprint density at radius 3 is 2.41 bits per heavy atom. The molecule has 0 aliphatic rings. The fourth-order valence-electron chi connectivity index (χ4n) is 2.76. The SMILES string of the molecule is CCOc1ccccc1NC(=O)[C@@H](C)N(c1ccc(C)c(C)c1)S(C)(=O)=O. The molecule has 27 heavy (non-hydrogen) atoms. The highest BCUT2D eigenvalue weighted by Gasteiger charge is 2.29. The molecule has 0 aliphatic heterocycles. The first-order chi connectivity index (χ1) is 12.6. The van der Waals surface area contributed by atoms with Crippen LogP contribution in [-0.2, 0) is 14.8 Å². The van der Waals surface area contributed by atoms with Crippen LogP contribution in [0.25, 0.3) is 0 Å². The third-order valence-electron chi connectivity index (χ3n) is 4.28. The van der Waals surface area contributed by atoms with Gasteiger partial charge in [-0.2, -0.15) is 0 Å². The number of hydrogen-bond donors (Lipinski definition) is 1. The fraction of sp³-hybridized carbons (Fsp3) is 0.350. The second-order valence-corrected chi connectivity index (χ2v) is 8.28. The number of nitrogens with one attached hydrogen (secondary N) is 1. The second-order valence-electron chi connectivity index (χ2n) is 6.42. The summed E-state index contributed by atoms with van der Waals surface area (Å²) < 4.78 is 31.5. The first-order valence-corrected chi connectivity index (χ1v) is 10.6. The zero-order valence-corrected chi connectivity index (χ0v) is 17.1. The largest absolute Gasteiger partial charge is 0.492 e. The maximum absolute atomic E-state index is 12.8. The van der Waals surface area contributed by atoms with E-state index < -0.39 is 22.0 Å². The van der Waals surface area contributed by atoms with Crippen LogP contribution >= 0.6 is 0 Å². The lowest BCUT2D eigenvalue weighted by Crippen LogP contribution is -2.45. The minimum atomic E-state index is -3.66. The van der Waals surface area contributed by atoms with Crippen LogP contribution in [0.1, 0.15) is 25.0 Å². The van der Waals surface area contributed by atoms with Gasteiger partial charge in [-0.05, 0) is 63.1 Å². The summed E-state index contributed by atoms with van der Waals surface area (Å²) in [7, 11) is -3.66. The predicted molar refractivity (Wildman–Crippen MR) is 109 cm³/mol. The molecular weight excluding hydrogens is 364 g/mol. The van der Waals surface area contributed by atoms with E-state index in [2.05, 4.69) is 5.32 Å². The third kappa shape index (κ3) is 5.01. The Labute approximate surface area is 161 Å². The number of amides is 1. The van der Waals surface area contributed by atoms with Gasteiger partial charge in [0.1, 0.15) is 11.8 Å². The Morgan fingerprint density at radius 2 is 1.81 bits per heavy atom. The summed E-state index contributed by atoms with van der Waals surface area (Å²) in [5.41, 5.74) is 2.97. The average Bonchev–Trinajstić information content (AvgIpc) is 2.59. The monoisotopic (exact) mass is 390 g/mol. The van der Waals surface area contributed by atoms with Crippen molar-refractivity contribution in [1.29, 1.82) is 0 Å². The summed E-state index contributed by atoms with van der Waals surface area (Å²) in [6, 6.07) is 11.4. The average molecular weight is 391 g/mol. The van der Waals surface area contributed by atoms with Crippen molar-refractivity contribution >= 4 is 27.3 Å². The molecule has 2 aromatic rings. The molecule has 1 amide bonds. The number of ether oxygens (including phenoxy) is 1. The quantitative estimate of drug-likeness (QED) is 0.785. The molecule has 7 heteroatoms. The molecule has 0 saturated heterocycles.